The third-order valence-electron chi connectivity index (χ3n) is 2.38. The van der Waals surface area contributed by atoms with Crippen molar-refractivity contribution in [3.8, 4) is 0 Å². The first-order valence-corrected chi connectivity index (χ1v) is 5.80. The van der Waals surface area contributed by atoms with Gasteiger partial charge in [-0.05, 0) is 38.5 Å². The van der Waals surface area contributed by atoms with Crippen LogP contribution in [0.15, 0.2) is 36.5 Å². The molecule has 0 atom stereocenters. The molecule has 2 aromatic rings. The molecule has 0 unspecified atom stereocenters. The first-order valence-electron chi connectivity index (χ1n) is 5.80. The summed E-state index contributed by atoms with van der Waals surface area (Å²) in [5.74, 6) is 0. The Hall–Kier alpha value is -1.45. The van der Waals surface area contributed by atoms with Crippen molar-refractivity contribution >= 4 is 10.9 Å². The summed E-state index contributed by atoms with van der Waals surface area (Å²) in [7, 11) is 0. The smallest absolute Gasteiger partial charge is 0.0813 e. The van der Waals surface area contributed by atoms with Gasteiger partial charge in [0.25, 0.3) is 0 Å². The second-order valence-electron chi connectivity index (χ2n) is 5.02. The normalized spacial score (nSPS) is 11.9. The first-order chi connectivity index (χ1) is 8.06. The van der Waals surface area contributed by atoms with E-state index in [9.17, 15) is 0 Å². The van der Waals surface area contributed by atoms with E-state index in [1.807, 2.05) is 51.2 Å². The molecule has 0 aliphatic rings. The van der Waals surface area contributed by atoms with Crippen LogP contribution in [-0.4, -0.2) is 10.6 Å². The summed E-state index contributed by atoms with van der Waals surface area (Å²) in [5, 5.41) is 1.17. The summed E-state index contributed by atoms with van der Waals surface area (Å²) in [5.41, 5.74) is 5.04. The summed E-state index contributed by atoms with van der Waals surface area (Å²) in [4.78, 5) is 9.84. The Balaban J connectivity index is 2.13. The molecule has 0 spiro atoms. The van der Waals surface area contributed by atoms with Gasteiger partial charge in [0.15, 0.2) is 0 Å². The van der Waals surface area contributed by atoms with Gasteiger partial charge in [-0.25, -0.2) is 0 Å². The van der Waals surface area contributed by atoms with Gasteiger partial charge in [-0.2, -0.15) is 5.48 Å². The minimum atomic E-state index is -0.178. The van der Waals surface area contributed by atoms with E-state index < -0.39 is 0 Å². The van der Waals surface area contributed by atoms with Crippen molar-refractivity contribution in [2.45, 2.75) is 32.9 Å². The van der Waals surface area contributed by atoms with E-state index in [1.165, 1.54) is 10.9 Å². The highest BCUT2D eigenvalue weighted by Gasteiger charge is 2.10. The van der Waals surface area contributed by atoms with Crippen molar-refractivity contribution in [1.82, 2.24) is 10.5 Å². The Bertz CT molecular complexity index is 498. The van der Waals surface area contributed by atoms with E-state index in [-0.39, 0.29) is 5.60 Å². The van der Waals surface area contributed by atoms with Crippen LogP contribution in [-0.2, 0) is 11.4 Å². The standard InChI is InChI=1S/C14H18N2O/c1-14(2,3)17-16-10-11-8-9-15-13-7-5-4-6-12(11)13/h4-9,16H,10H2,1-3H3. The van der Waals surface area contributed by atoms with Crippen molar-refractivity contribution in [2.24, 2.45) is 0 Å². The molecule has 17 heavy (non-hydrogen) atoms. The van der Waals surface area contributed by atoms with Gasteiger partial charge in [-0.1, -0.05) is 18.2 Å². The van der Waals surface area contributed by atoms with Gasteiger partial charge in [-0.15, -0.1) is 0 Å². The van der Waals surface area contributed by atoms with Crippen molar-refractivity contribution < 1.29 is 4.84 Å². The molecule has 1 N–H and O–H groups in total. The van der Waals surface area contributed by atoms with Gasteiger partial charge in [0.2, 0.25) is 0 Å². The first kappa shape index (κ1) is 12.0. The third kappa shape index (κ3) is 3.25. The second kappa shape index (κ2) is 4.82. The number of fused-ring (bicyclic) bond motifs is 1. The lowest BCUT2D eigenvalue weighted by molar-refractivity contribution is -0.0756. The molecule has 1 aromatic heterocycles. The highest BCUT2D eigenvalue weighted by molar-refractivity contribution is 5.81. The van der Waals surface area contributed by atoms with Gasteiger partial charge < -0.3 is 0 Å². The number of nitrogens with zero attached hydrogens (tertiary/aromatic N) is 1. The molecular weight excluding hydrogens is 212 g/mol. The van der Waals surface area contributed by atoms with E-state index in [1.54, 1.807) is 0 Å². The fourth-order valence-electron chi connectivity index (χ4n) is 1.64. The maximum absolute atomic E-state index is 5.51. The van der Waals surface area contributed by atoms with Crippen LogP contribution >= 0.6 is 0 Å². The highest BCUT2D eigenvalue weighted by Crippen LogP contribution is 2.16. The number of nitrogens with one attached hydrogen (secondary N) is 1. The molecular formula is C14H18N2O. The predicted octanol–water partition coefficient (Wildman–Crippen LogP) is 3.05. The van der Waals surface area contributed by atoms with E-state index in [0.717, 1.165) is 5.52 Å². The number of benzene rings is 1. The molecule has 1 aromatic carbocycles. The van der Waals surface area contributed by atoms with Gasteiger partial charge in [0.1, 0.15) is 0 Å². The molecule has 2 rings (SSSR count). The molecule has 3 nitrogen and oxygen atoms in total. The fraction of sp³-hybridized carbons (Fsp3) is 0.357. The molecule has 90 valence electrons. The lowest BCUT2D eigenvalue weighted by Gasteiger charge is -2.19. The van der Waals surface area contributed by atoms with Gasteiger partial charge in [0, 0.05) is 18.1 Å². The molecule has 1 heterocycles. The van der Waals surface area contributed by atoms with Crippen LogP contribution in [0.3, 0.4) is 0 Å². The van der Waals surface area contributed by atoms with E-state index in [4.69, 9.17) is 4.84 Å². The molecule has 0 bridgehead atoms. The topological polar surface area (TPSA) is 34.1 Å². The Morgan fingerprint density at radius 2 is 1.94 bits per heavy atom. The monoisotopic (exact) mass is 230 g/mol. The van der Waals surface area contributed by atoms with Crippen molar-refractivity contribution in [3.05, 3.63) is 42.1 Å². The summed E-state index contributed by atoms with van der Waals surface area (Å²) in [6.07, 6.45) is 1.83. The lowest BCUT2D eigenvalue weighted by atomic mass is 10.1. The molecule has 0 aliphatic carbocycles. The number of hydroxylamine groups is 1. The Labute approximate surface area is 102 Å². The minimum Gasteiger partial charge on any atom is -0.296 e. The van der Waals surface area contributed by atoms with Crippen molar-refractivity contribution in [1.29, 1.82) is 0 Å². The second-order valence-corrected chi connectivity index (χ2v) is 5.02. The molecule has 0 saturated heterocycles. The number of aromatic nitrogens is 1. The number of pyridine rings is 1. The van der Waals surface area contributed by atoms with Crippen molar-refractivity contribution in [2.75, 3.05) is 0 Å². The minimum absolute atomic E-state index is 0.178. The van der Waals surface area contributed by atoms with Crippen LogP contribution in [0, 0.1) is 0 Å². The van der Waals surface area contributed by atoms with E-state index in [0.29, 0.717) is 6.54 Å². The summed E-state index contributed by atoms with van der Waals surface area (Å²) >= 11 is 0. The zero-order chi connectivity index (χ0) is 12.3. The summed E-state index contributed by atoms with van der Waals surface area (Å²) in [6, 6.07) is 10.1. The Kier molecular flexibility index (Phi) is 3.41. The van der Waals surface area contributed by atoms with Gasteiger partial charge in [-0.3, -0.25) is 9.82 Å². The average Bonchev–Trinajstić information content (AvgIpc) is 2.28. The lowest BCUT2D eigenvalue weighted by Crippen LogP contribution is -2.28. The summed E-state index contributed by atoms with van der Waals surface area (Å²) < 4.78 is 0. The largest absolute Gasteiger partial charge is 0.296 e. The number of para-hydroxylation sites is 1. The van der Waals surface area contributed by atoms with Crippen LogP contribution in [0.1, 0.15) is 26.3 Å². The average molecular weight is 230 g/mol. The Morgan fingerprint density at radius 3 is 2.71 bits per heavy atom. The predicted molar refractivity (Wildman–Crippen MR) is 69.4 cm³/mol. The molecule has 0 fully saturated rings. The summed E-state index contributed by atoms with van der Waals surface area (Å²) in [6.45, 7) is 6.74. The molecule has 0 amide bonds. The number of hydrogen-bond donors (Lipinski definition) is 1. The maximum Gasteiger partial charge on any atom is 0.0813 e. The molecule has 0 radical (unpaired) electrons. The zero-order valence-corrected chi connectivity index (χ0v) is 10.5. The van der Waals surface area contributed by atoms with E-state index in [2.05, 4.69) is 16.5 Å². The maximum atomic E-state index is 5.51. The SMILES string of the molecule is CC(C)(C)ONCc1ccnc2ccccc12. The van der Waals surface area contributed by atoms with Crippen LogP contribution in [0.5, 0.6) is 0 Å². The fourth-order valence-corrected chi connectivity index (χ4v) is 1.64. The van der Waals surface area contributed by atoms with Crippen LogP contribution in [0.25, 0.3) is 10.9 Å². The van der Waals surface area contributed by atoms with E-state index >= 15 is 0 Å². The molecule has 0 saturated carbocycles. The number of rotatable bonds is 3. The third-order valence-corrected chi connectivity index (χ3v) is 2.38. The van der Waals surface area contributed by atoms with Crippen LogP contribution in [0.4, 0.5) is 0 Å². The molecule has 0 aliphatic heterocycles. The Morgan fingerprint density at radius 1 is 1.18 bits per heavy atom. The van der Waals surface area contributed by atoms with Crippen LogP contribution < -0.4 is 5.48 Å². The highest BCUT2D eigenvalue weighted by atomic mass is 16.7. The quantitative estimate of drug-likeness (QED) is 0.823. The van der Waals surface area contributed by atoms with Gasteiger partial charge >= 0.3 is 0 Å². The zero-order valence-electron chi connectivity index (χ0n) is 10.5. The van der Waals surface area contributed by atoms with Crippen molar-refractivity contribution in [3.63, 3.8) is 0 Å². The van der Waals surface area contributed by atoms with Crippen LogP contribution in [0.2, 0.25) is 0 Å². The molecule has 3 heteroatoms. The number of hydrogen-bond acceptors (Lipinski definition) is 3. The van der Waals surface area contributed by atoms with Gasteiger partial charge in [0.05, 0.1) is 11.1 Å².